The summed E-state index contributed by atoms with van der Waals surface area (Å²) in [5.41, 5.74) is -0.329. The molecule has 23 heavy (non-hydrogen) atoms. The molecule has 1 aromatic heterocycles. The Morgan fingerprint density at radius 3 is 2.65 bits per heavy atom. The zero-order chi connectivity index (χ0) is 16.9. The minimum Gasteiger partial charge on any atom is -0.444 e. The largest absolute Gasteiger partial charge is 0.444 e. The quantitative estimate of drug-likeness (QED) is 0.886. The van der Waals surface area contributed by atoms with Gasteiger partial charge in [-0.25, -0.2) is 4.79 Å². The molecule has 0 unspecified atom stereocenters. The van der Waals surface area contributed by atoms with E-state index in [-0.39, 0.29) is 6.09 Å². The highest BCUT2D eigenvalue weighted by Crippen LogP contribution is 2.23. The fourth-order valence-corrected chi connectivity index (χ4v) is 2.53. The lowest BCUT2D eigenvalue weighted by atomic mass is 9.91. The van der Waals surface area contributed by atoms with Crippen molar-refractivity contribution in [1.29, 1.82) is 0 Å². The van der Waals surface area contributed by atoms with Crippen LogP contribution in [0.15, 0.2) is 24.4 Å². The maximum Gasteiger partial charge on any atom is 0.410 e. The summed E-state index contributed by atoms with van der Waals surface area (Å²) in [6.07, 6.45) is 2.54. The Balaban J connectivity index is 1.75. The molecule has 0 spiro atoms. The van der Waals surface area contributed by atoms with E-state index in [0.717, 1.165) is 5.69 Å². The second-order valence-corrected chi connectivity index (χ2v) is 7.12. The Hall–Kier alpha value is -1.66. The summed E-state index contributed by atoms with van der Waals surface area (Å²) >= 11 is 0. The first-order valence-corrected chi connectivity index (χ1v) is 8.08. The molecule has 1 fully saturated rings. The number of aliphatic hydroxyl groups is 1. The predicted molar refractivity (Wildman–Crippen MR) is 87.9 cm³/mol. The van der Waals surface area contributed by atoms with Crippen molar-refractivity contribution in [1.82, 2.24) is 15.2 Å². The van der Waals surface area contributed by atoms with Crippen molar-refractivity contribution in [3.8, 4) is 0 Å². The van der Waals surface area contributed by atoms with E-state index in [4.69, 9.17) is 4.74 Å². The summed E-state index contributed by atoms with van der Waals surface area (Å²) in [6.45, 7) is 7.70. The summed E-state index contributed by atoms with van der Waals surface area (Å²) in [5.74, 6) is 0. The van der Waals surface area contributed by atoms with Crippen LogP contribution in [-0.2, 0) is 11.3 Å². The summed E-state index contributed by atoms with van der Waals surface area (Å²) in [6, 6.07) is 5.77. The second-order valence-electron chi connectivity index (χ2n) is 7.12. The lowest BCUT2D eigenvalue weighted by Crippen LogP contribution is -2.52. The van der Waals surface area contributed by atoms with Crippen molar-refractivity contribution in [2.75, 3.05) is 19.6 Å². The van der Waals surface area contributed by atoms with Gasteiger partial charge in [0.25, 0.3) is 0 Å². The number of aromatic nitrogens is 1. The molecule has 2 N–H and O–H groups in total. The van der Waals surface area contributed by atoms with Crippen LogP contribution in [0.5, 0.6) is 0 Å². The molecule has 6 heteroatoms. The number of nitrogens with zero attached hydrogens (tertiary/aromatic N) is 2. The van der Waals surface area contributed by atoms with Gasteiger partial charge in [-0.1, -0.05) is 6.07 Å². The number of carbonyl (C=O) groups is 1. The molecular weight excluding hydrogens is 294 g/mol. The normalized spacial score (nSPS) is 17.8. The summed E-state index contributed by atoms with van der Waals surface area (Å²) in [4.78, 5) is 17.9. The first-order valence-electron chi connectivity index (χ1n) is 8.08. The Morgan fingerprint density at radius 1 is 1.39 bits per heavy atom. The van der Waals surface area contributed by atoms with Crippen LogP contribution in [0.3, 0.4) is 0 Å². The van der Waals surface area contributed by atoms with E-state index in [1.54, 1.807) is 11.1 Å². The van der Waals surface area contributed by atoms with Crippen molar-refractivity contribution in [3.05, 3.63) is 30.1 Å². The highest BCUT2D eigenvalue weighted by atomic mass is 16.6. The Morgan fingerprint density at radius 2 is 2.09 bits per heavy atom. The lowest BCUT2D eigenvalue weighted by Gasteiger charge is -2.38. The van der Waals surface area contributed by atoms with Crippen LogP contribution in [0, 0.1) is 0 Å². The molecule has 2 heterocycles. The van der Waals surface area contributed by atoms with Crippen LogP contribution in [0.1, 0.15) is 39.3 Å². The van der Waals surface area contributed by atoms with Gasteiger partial charge in [0, 0.05) is 32.4 Å². The van der Waals surface area contributed by atoms with Crippen LogP contribution >= 0.6 is 0 Å². The summed E-state index contributed by atoms with van der Waals surface area (Å²) in [5, 5.41) is 13.9. The van der Waals surface area contributed by atoms with Crippen molar-refractivity contribution in [3.63, 3.8) is 0 Å². The number of piperidine rings is 1. The standard InChI is InChI=1S/C17H27N3O3/c1-16(2,3)23-15(21)20-10-7-17(22,8-11-20)13-18-12-14-6-4-5-9-19-14/h4-6,9,18,22H,7-8,10-13H2,1-3H3. The number of carbonyl (C=O) groups excluding carboxylic acids is 1. The van der Waals surface area contributed by atoms with Gasteiger partial charge in [-0.05, 0) is 45.7 Å². The molecule has 0 bridgehead atoms. The third-order valence-electron chi connectivity index (χ3n) is 3.83. The second kappa shape index (κ2) is 7.27. The Bertz CT molecular complexity index is 506. The molecule has 1 aliphatic rings. The number of likely N-dealkylation sites (tertiary alicyclic amines) is 1. The van der Waals surface area contributed by atoms with Gasteiger partial charge in [0.15, 0.2) is 0 Å². The molecule has 2 rings (SSSR count). The number of hydrogen-bond acceptors (Lipinski definition) is 5. The van der Waals surface area contributed by atoms with Crippen LogP contribution in [-0.4, -0.2) is 51.9 Å². The van der Waals surface area contributed by atoms with Crippen molar-refractivity contribution >= 4 is 6.09 Å². The Kier molecular flexibility index (Phi) is 5.59. The number of pyridine rings is 1. The number of nitrogens with one attached hydrogen (secondary N) is 1. The van der Waals surface area contributed by atoms with Gasteiger partial charge in [-0.3, -0.25) is 4.98 Å². The molecule has 0 atom stereocenters. The van der Waals surface area contributed by atoms with Gasteiger partial charge in [-0.15, -0.1) is 0 Å². The predicted octanol–water partition coefficient (Wildman–Crippen LogP) is 1.93. The van der Waals surface area contributed by atoms with Gasteiger partial charge in [0.2, 0.25) is 0 Å². The number of amides is 1. The number of ether oxygens (including phenoxy) is 1. The highest BCUT2D eigenvalue weighted by Gasteiger charge is 2.35. The topological polar surface area (TPSA) is 74.7 Å². The van der Waals surface area contributed by atoms with E-state index in [2.05, 4.69) is 10.3 Å². The summed E-state index contributed by atoms with van der Waals surface area (Å²) < 4.78 is 5.37. The molecule has 0 aromatic carbocycles. The Labute approximate surface area is 137 Å². The summed E-state index contributed by atoms with van der Waals surface area (Å²) in [7, 11) is 0. The van der Waals surface area contributed by atoms with E-state index in [0.29, 0.717) is 39.0 Å². The number of rotatable bonds is 4. The molecular formula is C17H27N3O3. The van der Waals surface area contributed by atoms with Crippen LogP contribution in [0.2, 0.25) is 0 Å². The smallest absolute Gasteiger partial charge is 0.410 e. The van der Waals surface area contributed by atoms with Crippen LogP contribution in [0.25, 0.3) is 0 Å². The molecule has 1 aromatic rings. The zero-order valence-corrected chi connectivity index (χ0v) is 14.2. The molecule has 6 nitrogen and oxygen atoms in total. The molecule has 0 saturated carbocycles. The van der Waals surface area contributed by atoms with E-state index in [9.17, 15) is 9.90 Å². The van der Waals surface area contributed by atoms with E-state index in [1.807, 2.05) is 39.0 Å². The average Bonchev–Trinajstić information content (AvgIpc) is 2.47. The monoisotopic (exact) mass is 321 g/mol. The van der Waals surface area contributed by atoms with E-state index >= 15 is 0 Å². The molecule has 1 amide bonds. The van der Waals surface area contributed by atoms with Crippen molar-refractivity contribution in [2.45, 2.75) is 51.4 Å². The SMILES string of the molecule is CC(C)(C)OC(=O)N1CCC(O)(CNCc2ccccn2)CC1. The minimum absolute atomic E-state index is 0.305. The molecule has 1 aliphatic heterocycles. The third kappa shape index (κ3) is 5.80. The molecule has 1 saturated heterocycles. The van der Waals surface area contributed by atoms with Gasteiger partial charge in [-0.2, -0.15) is 0 Å². The van der Waals surface area contributed by atoms with Crippen molar-refractivity contribution in [2.24, 2.45) is 0 Å². The van der Waals surface area contributed by atoms with Gasteiger partial charge in [0.1, 0.15) is 5.60 Å². The highest BCUT2D eigenvalue weighted by molar-refractivity contribution is 5.68. The van der Waals surface area contributed by atoms with Crippen LogP contribution in [0.4, 0.5) is 4.79 Å². The minimum atomic E-state index is -0.784. The van der Waals surface area contributed by atoms with Crippen LogP contribution < -0.4 is 5.32 Å². The van der Waals surface area contributed by atoms with Gasteiger partial charge in [0.05, 0.1) is 11.3 Å². The first kappa shape index (κ1) is 17.7. The first-order chi connectivity index (χ1) is 10.8. The number of hydrogen-bond donors (Lipinski definition) is 2. The fourth-order valence-electron chi connectivity index (χ4n) is 2.53. The van der Waals surface area contributed by atoms with Gasteiger partial charge >= 0.3 is 6.09 Å². The molecule has 0 radical (unpaired) electrons. The average molecular weight is 321 g/mol. The van der Waals surface area contributed by atoms with Gasteiger partial charge < -0.3 is 20.1 Å². The zero-order valence-electron chi connectivity index (χ0n) is 14.2. The maximum absolute atomic E-state index is 12.0. The fraction of sp³-hybridized carbons (Fsp3) is 0.647. The molecule has 0 aliphatic carbocycles. The molecule has 128 valence electrons. The van der Waals surface area contributed by atoms with Crippen molar-refractivity contribution < 1.29 is 14.6 Å². The maximum atomic E-state index is 12.0. The lowest BCUT2D eigenvalue weighted by molar-refractivity contribution is -0.0310. The third-order valence-corrected chi connectivity index (χ3v) is 3.83. The van der Waals surface area contributed by atoms with E-state index < -0.39 is 11.2 Å². The van der Waals surface area contributed by atoms with E-state index in [1.165, 1.54) is 0 Å².